The molecule has 1 fully saturated rings. The van der Waals surface area contributed by atoms with Crippen molar-refractivity contribution < 1.29 is 19.5 Å². The Balaban J connectivity index is 2.11. The van der Waals surface area contributed by atoms with Crippen molar-refractivity contribution in [3.8, 4) is 0 Å². The lowest BCUT2D eigenvalue weighted by Crippen LogP contribution is -2.49. The molecule has 0 atom stereocenters. The van der Waals surface area contributed by atoms with Gasteiger partial charge in [-0.05, 0) is 12.8 Å². The van der Waals surface area contributed by atoms with Crippen LogP contribution in [-0.2, 0) is 14.4 Å². The van der Waals surface area contributed by atoms with Crippen LogP contribution in [0.25, 0.3) is 0 Å². The van der Waals surface area contributed by atoms with E-state index in [4.69, 9.17) is 5.11 Å². The Morgan fingerprint density at radius 2 is 1.87 bits per heavy atom. The van der Waals surface area contributed by atoms with Crippen molar-refractivity contribution >= 4 is 17.8 Å². The fraction of sp³-hybridized carbons (Fsp3) is 0.500. The van der Waals surface area contributed by atoms with Gasteiger partial charge in [-0.25, -0.2) is 0 Å². The van der Waals surface area contributed by atoms with E-state index in [1.54, 1.807) is 0 Å². The predicted octanol–water partition coefficient (Wildman–Crippen LogP) is 0.166. The molecule has 80 valence electrons. The van der Waals surface area contributed by atoms with Crippen molar-refractivity contribution in [2.24, 2.45) is 5.41 Å². The van der Waals surface area contributed by atoms with Gasteiger partial charge in [0.1, 0.15) is 0 Å². The van der Waals surface area contributed by atoms with Crippen LogP contribution in [0.5, 0.6) is 0 Å². The number of rotatable bonds is 3. The lowest BCUT2D eigenvalue weighted by molar-refractivity contribution is -0.158. The van der Waals surface area contributed by atoms with E-state index in [2.05, 4.69) is 0 Å². The highest BCUT2D eigenvalue weighted by Crippen LogP contribution is 2.42. The molecule has 0 aromatic rings. The Hall–Kier alpha value is -1.65. The average molecular weight is 209 g/mol. The lowest BCUT2D eigenvalue weighted by Gasteiger charge is -2.39. The minimum Gasteiger partial charge on any atom is -0.481 e. The summed E-state index contributed by atoms with van der Waals surface area (Å²) in [5.74, 6) is -1.73. The van der Waals surface area contributed by atoms with Gasteiger partial charge in [0.25, 0.3) is 11.8 Å². The van der Waals surface area contributed by atoms with Gasteiger partial charge >= 0.3 is 5.97 Å². The quantitative estimate of drug-likeness (QED) is 0.672. The molecule has 0 aromatic carbocycles. The van der Waals surface area contributed by atoms with Crippen LogP contribution < -0.4 is 0 Å². The van der Waals surface area contributed by atoms with Gasteiger partial charge in [0.15, 0.2) is 0 Å². The summed E-state index contributed by atoms with van der Waals surface area (Å²) in [5.41, 5.74) is -0.892. The maximum atomic E-state index is 11.3. The SMILES string of the molecule is O=C1C=CC(=O)N1CC1(C(=O)O)CCC1. The van der Waals surface area contributed by atoms with Gasteiger partial charge in [0.05, 0.1) is 5.41 Å². The Morgan fingerprint density at radius 1 is 1.33 bits per heavy atom. The summed E-state index contributed by atoms with van der Waals surface area (Å²) < 4.78 is 0. The lowest BCUT2D eigenvalue weighted by atomic mass is 9.68. The molecule has 0 aromatic heterocycles. The van der Waals surface area contributed by atoms with E-state index in [0.717, 1.165) is 11.3 Å². The summed E-state index contributed by atoms with van der Waals surface area (Å²) in [6.45, 7) is 0.00694. The van der Waals surface area contributed by atoms with Crippen molar-refractivity contribution in [2.45, 2.75) is 19.3 Å². The molecule has 0 bridgehead atoms. The third-order valence-corrected chi connectivity index (χ3v) is 3.13. The van der Waals surface area contributed by atoms with Gasteiger partial charge in [0, 0.05) is 18.7 Å². The second-order valence-corrected chi connectivity index (χ2v) is 4.03. The topological polar surface area (TPSA) is 74.7 Å². The van der Waals surface area contributed by atoms with Gasteiger partial charge < -0.3 is 5.11 Å². The molecule has 1 aliphatic carbocycles. The van der Waals surface area contributed by atoms with Crippen LogP contribution >= 0.6 is 0 Å². The van der Waals surface area contributed by atoms with Crippen LogP contribution in [0, 0.1) is 5.41 Å². The van der Waals surface area contributed by atoms with E-state index >= 15 is 0 Å². The number of carbonyl (C=O) groups excluding carboxylic acids is 2. The normalized spacial score (nSPS) is 23.1. The van der Waals surface area contributed by atoms with Crippen molar-refractivity contribution in [1.82, 2.24) is 4.90 Å². The number of amides is 2. The number of nitrogens with zero attached hydrogens (tertiary/aromatic N) is 1. The van der Waals surface area contributed by atoms with Crippen molar-refractivity contribution in [3.63, 3.8) is 0 Å². The number of hydrogen-bond donors (Lipinski definition) is 1. The monoisotopic (exact) mass is 209 g/mol. The molecule has 1 heterocycles. The maximum absolute atomic E-state index is 11.3. The van der Waals surface area contributed by atoms with Gasteiger partial charge in [-0.2, -0.15) is 0 Å². The Kier molecular flexibility index (Phi) is 2.10. The second-order valence-electron chi connectivity index (χ2n) is 4.03. The molecular weight excluding hydrogens is 198 g/mol. The van der Waals surface area contributed by atoms with Crippen LogP contribution in [0.2, 0.25) is 0 Å². The van der Waals surface area contributed by atoms with Crippen molar-refractivity contribution in [2.75, 3.05) is 6.54 Å². The highest BCUT2D eigenvalue weighted by molar-refractivity contribution is 6.13. The van der Waals surface area contributed by atoms with E-state index in [0.29, 0.717) is 12.8 Å². The summed E-state index contributed by atoms with van der Waals surface area (Å²) in [5, 5.41) is 9.05. The summed E-state index contributed by atoms with van der Waals surface area (Å²) in [6.07, 6.45) is 4.28. The standard InChI is InChI=1S/C10H11NO4/c12-7-2-3-8(13)11(7)6-10(9(14)15)4-1-5-10/h2-3H,1,4-6H2,(H,14,15). The predicted molar refractivity (Wildman–Crippen MR) is 49.8 cm³/mol. The molecule has 2 amide bonds. The molecule has 1 N–H and O–H groups in total. The van der Waals surface area contributed by atoms with Crippen LogP contribution in [0.1, 0.15) is 19.3 Å². The molecule has 1 saturated carbocycles. The van der Waals surface area contributed by atoms with Gasteiger partial charge in [-0.1, -0.05) is 6.42 Å². The molecule has 0 saturated heterocycles. The molecule has 0 unspecified atom stereocenters. The Morgan fingerprint density at radius 3 is 2.20 bits per heavy atom. The fourth-order valence-corrected chi connectivity index (χ4v) is 1.93. The number of aliphatic carboxylic acids is 1. The molecule has 5 heteroatoms. The van der Waals surface area contributed by atoms with Crippen molar-refractivity contribution in [3.05, 3.63) is 12.2 Å². The molecule has 5 nitrogen and oxygen atoms in total. The number of carbonyl (C=O) groups is 3. The molecule has 0 spiro atoms. The number of imide groups is 1. The van der Waals surface area contributed by atoms with Crippen LogP contribution in [-0.4, -0.2) is 34.3 Å². The zero-order valence-corrected chi connectivity index (χ0v) is 8.10. The van der Waals surface area contributed by atoms with Crippen LogP contribution in [0.15, 0.2) is 12.2 Å². The molecule has 1 aliphatic heterocycles. The van der Waals surface area contributed by atoms with Crippen LogP contribution in [0.3, 0.4) is 0 Å². The van der Waals surface area contributed by atoms with E-state index in [9.17, 15) is 14.4 Å². The largest absolute Gasteiger partial charge is 0.481 e. The van der Waals surface area contributed by atoms with Crippen LogP contribution in [0.4, 0.5) is 0 Å². The third kappa shape index (κ3) is 1.44. The first kappa shape index (κ1) is 9.89. The van der Waals surface area contributed by atoms with E-state index in [1.165, 1.54) is 12.2 Å². The molecule has 0 radical (unpaired) electrons. The minimum absolute atomic E-state index is 0.00694. The Bertz CT molecular complexity index is 350. The maximum Gasteiger partial charge on any atom is 0.311 e. The summed E-state index contributed by atoms with van der Waals surface area (Å²) >= 11 is 0. The Labute approximate surface area is 86.4 Å². The molecular formula is C10H11NO4. The first-order valence-electron chi connectivity index (χ1n) is 4.82. The van der Waals surface area contributed by atoms with E-state index in [1.807, 2.05) is 0 Å². The first-order valence-corrected chi connectivity index (χ1v) is 4.82. The first-order chi connectivity index (χ1) is 7.05. The average Bonchev–Trinajstić information content (AvgIpc) is 2.40. The highest BCUT2D eigenvalue weighted by Gasteiger charge is 2.47. The van der Waals surface area contributed by atoms with Gasteiger partial charge in [-0.3, -0.25) is 19.3 Å². The zero-order chi connectivity index (χ0) is 11.1. The molecule has 2 rings (SSSR count). The molecule has 2 aliphatic rings. The summed E-state index contributed by atoms with van der Waals surface area (Å²) in [7, 11) is 0. The van der Waals surface area contributed by atoms with Gasteiger partial charge in [-0.15, -0.1) is 0 Å². The minimum atomic E-state index is -0.916. The second kappa shape index (κ2) is 3.18. The van der Waals surface area contributed by atoms with Gasteiger partial charge in [0.2, 0.25) is 0 Å². The number of carboxylic acids is 1. The smallest absolute Gasteiger partial charge is 0.311 e. The van der Waals surface area contributed by atoms with E-state index in [-0.39, 0.29) is 6.54 Å². The number of hydrogen-bond acceptors (Lipinski definition) is 3. The fourth-order valence-electron chi connectivity index (χ4n) is 1.93. The van der Waals surface area contributed by atoms with E-state index < -0.39 is 23.2 Å². The molecule has 15 heavy (non-hydrogen) atoms. The third-order valence-electron chi connectivity index (χ3n) is 3.13. The highest BCUT2D eigenvalue weighted by atomic mass is 16.4. The summed E-state index contributed by atoms with van der Waals surface area (Å²) in [4.78, 5) is 34.5. The number of carboxylic acid groups (broad SMARTS) is 1. The zero-order valence-electron chi connectivity index (χ0n) is 8.10. The van der Waals surface area contributed by atoms with Crippen molar-refractivity contribution in [1.29, 1.82) is 0 Å². The summed E-state index contributed by atoms with van der Waals surface area (Å²) in [6, 6.07) is 0.